The molecule has 2 aliphatic rings. The zero-order valence-corrected chi connectivity index (χ0v) is 12.1. The second-order valence-electron chi connectivity index (χ2n) is 5.41. The average Bonchev–Trinajstić information content (AvgIpc) is 3.07. The Kier molecular flexibility index (Phi) is 3.76. The molecule has 1 aromatic rings. The van der Waals surface area contributed by atoms with Gasteiger partial charge in [-0.2, -0.15) is 0 Å². The van der Waals surface area contributed by atoms with Gasteiger partial charge in [-0.05, 0) is 30.9 Å². The first-order valence-electron chi connectivity index (χ1n) is 6.98. The van der Waals surface area contributed by atoms with E-state index >= 15 is 0 Å². The highest BCUT2D eigenvalue weighted by atomic mass is 32.1. The monoisotopic (exact) mass is 294 g/mol. The van der Waals surface area contributed by atoms with Crippen molar-refractivity contribution >= 4 is 23.2 Å². The highest BCUT2D eigenvalue weighted by molar-refractivity contribution is 7.14. The normalized spacial score (nSPS) is 19.1. The van der Waals surface area contributed by atoms with Gasteiger partial charge in [-0.3, -0.25) is 9.69 Å². The van der Waals surface area contributed by atoms with E-state index in [0.29, 0.717) is 18.0 Å². The Balaban J connectivity index is 1.63. The van der Waals surface area contributed by atoms with Crippen LogP contribution in [0.1, 0.15) is 33.0 Å². The molecule has 0 spiro atoms. The van der Waals surface area contributed by atoms with Crippen molar-refractivity contribution in [1.82, 2.24) is 9.80 Å². The zero-order valence-electron chi connectivity index (χ0n) is 11.3. The quantitative estimate of drug-likeness (QED) is 0.916. The molecule has 0 radical (unpaired) electrons. The highest BCUT2D eigenvalue weighted by Crippen LogP contribution is 2.28. The van der Waals surface area contributed by atoms with Crippen molar-refractivity contribution in [3.63, 3.8) is 0 Å². The van der Waals surface area contributed by atoms with Crippen LogP contribution in [0, 0.1) is 0 Å². The number of carbonyl (C=O) groups excluding carboxylic acids is 1. The van der Waals surface area contributed by atoms with Gasteiger partial charge in [0.1, 0.15) is 4.88 Å². The van der Waals surface area contributed by atoms with Crippen LogP contribution in [0.15, 0.2) is 6.07 Å². The van der Waals surface area contributed by atoms with Crippen molar-refractivity contribution in [3.8, 4) is 0 Å². The summed E-state index contributed by atoms with van der Waals surface area (Å²) in [6.45, 7) is 3.77. The Morgan fingerprint density at radius 2 is 2.00 bits per heavy atom. The Hall–Kier alpha value is -1.40. The number of thiophene rings is 1. The SMILES string of the molecule is O=C(O)c1cc2c(s1)CCN(CC(=O)N1CCCC1)C2. The highest BCUT2D eigenvalue weighted by Gasteiger charge is 2.25. The van der Waals surface area contributed by atoms with E-state index in [9.17, 15) is 9.59 Å². The Bertz CT molecular complexity index is 535. The fraction of sp³-hybridized carbons (Fsp3) is 0.571. The molecule has 5 nitrogen and oxygen atoms in total. The summed E-state index contributed by atoms with van der Waals surface area (Å²) in [5, 5.41) is 9.02. The number of rotatable bonds is 3. The van der Waals surface area contributed by atoms with E-state index in [-0.39, 0.29) is 5.91 Å². The van der Waals surface area contributed by atoms with Gasteiger partial charge < -0.3 is 10.0 Å². The van der Waals surface area contributed by atoms with Crippen LogP contribution in [0.4, 0.5) is 0 Å². The summed E-state index contributed by atoms with van der Waals surface area (Å²) in [6.07, 6.45) is 3.07. The molecule has 0 aromatic carbocycles. The molecular weight excluding hydrogens is 276 g/mol. The van der Waals surface area contributed by atoms with Gasteiger partial charge in [0.15, 0.2) is 0 Å². The molecule has 0 unspecified atom stereocenters. The number of carboxylic acid groups (broad SMARTS) is 1. The van der Waals surface area contributed by atoms with Gasteiger partial charge in [0.05, 0.1) is 6.54 Å². The maximum atomic E-state index is 12.1. The number of hydrogen-bond acceptors (Lipinski definition) is 4. The first-order valence-corrected chi connectivity index (χ1v) is 7.80. The van der Waals surface area contributed by atoms with Crippen LogP contribution in [0.3, 0.4) is 0 Å². The second kappa shape index (κ2) is 5.54. The van der Waals surface area contributed by atoms with Crippen LogP contribution in [0.2, 0.25) is 0 Å². The number of amides is 1. The van der Waals surface area contributed by atoms with Crippen LogP contribution >= 0.6 is 11.3 Å². The van der Waals surface area contributed by atoms with Crippen molar-refractivity contribution in [1.29, 1.82) is 0 Å². The minimum Gasteiger partial charge on any atom is -0.477 e. The molecule has 0 aliphatic carbocycles. The molecule has 1 N–H and O–H groups in total. The van der Waals surface area contributed by atoms with Crippen LogP contribution in [-0.2, 0) is 17.8 Å². The maximum Gasteiger partial charge on any atom is 0.345 e. The Morgan fingerprint density at radius 1 is 1.25 bits per heavy atom. The van der Waals surface area contributed by atoms with E-state index in [0.717, 1.165) is 49.3 Å². The lowest BCUT2D eigenvalue weighted by Gasteiger charge is -2.28. The lowest BCUT2D eigenvalue weighted by Crippen LogP contribution is -2.40. The first-order chi connectivity index (χ1) is 9.63. The number of carboxylic acids is 1. The third-order valence-electron chi connectivity index (χ3n) is 3.97. The lowest BCUT2D eigenvalue weighted by molar-refractivity contribution is -0.131. The number of hydrogen-bond donors (Lipinski definition) is 1. The number of carbonyl (C=O) groups is 2. The molecule has 0 saturated carbocycles. The third kappa shape index (κ3) is 2.71. The van der Waals surface area contributed by atoms with Gasteiger partial charge in [0, 0.05) is 31.1 Å². The second-order valence-corrected chi connectivity index (χ2v) is 6.55. The van der Waals surface area contributed by atoms with E-state index in [2.05, 4.69) is 4.90 Å². The maximum absolute atomic E-state index is 12.1. The molecule has 1 amide bonds. The molecule has 3 rings (SSSR count). The summed E-state index contributed by atoms with van der Waals surface area (Å²) in [5.74, 6) is -0.649. The summed E-state index contributed by atoms with van der Waals surface area (Å²) in [4.78, 5) is 28.7. The van der Waals surface area contributed by atoms with Gasteiger partial charge in [-0.15, -0.1) is 11.3 Å². The van der Waals surface area contributed by atoms with Crippen molar-refractivity contribution in [2.24, 2.45) is 0 Å². The van der Waals surface area contributed by atoms with E-state index in [1.54, 1.807) is 6.07 Å². The van der Waals surface area contributed by atoms with E-state index in [4.69, 9.17) is 5.11 Å². The van der Waals surface area contributed by atoms with Crippen LogP contribution in [0.25, 0.3) is 0 Å². The topological polar surface area (TPSA) is 60.9 Å². The number of nitrogens with zero attached hydrogens (tertiary/aromatic N) is 2. The van der Waals surface area contributed by atoms with E-state index in [1.165, 1.54) is 11.3 Å². The van der Waals surface area contributed by atoms with Crippen LogP contribution in [-0.4, -0.2) is 53.0 Å². The minimum atomic E-state index is -0.857. The van der Waals surface area contributed by atoms with Crippen LogP contribution < -0.4 is 0 Å². The van der Waals surface area contributed by atoms with Gasteiger partial charge in [-0.1, -0.05) is 0 Å². The molecule has 20 heavy (non-hydrogen) atoms. The minimum absolute atomic E-state index is 0.208. The fourth-order valence-electron chi connectivity index (χ4n) is 2.89. The van der Waals surface area contributed by atoms with Crippen LogP contribution in [0.5, 0.6) is 0 Å². The zero-order chi connectivity index (χ0) is 14.1. The van der Waals surface area contributed by atoms with E-state index in [1.807, 2.05) is 4.90 Å². The van der Waals surface area contributed by atoms with Crippen molar-refractivity contribution < 1.29 is 14.7 Å². The molecule has 3 heterocycles. The molecule has 6 heteroatoms. The molecule has 0 atom stereocenters. The Morgan fingerprint density at radius 3 is 2.70 bits per heavy atom. The summed E-state index contributed by atoms with van der Waals surface area (Å²) in [5.41, 5.74) is 1.08. The van der Waals surface area contributed by atoms with Gasteiger partial charge in [-0.25, -0.2) is 4.79 Å². The van der Waals surface area contributed by atoms with Crippen molar-refractivity contribution in [3.05, 3.63) is 21.4 Å². The molecule has 1 saturated heterocycles. The molecule has 1 aromatic heterocycles. The van der Waals surface area contributed by atoms with Crippen molar-refractivity contribution in [2.75, 3.05) is 26.2 Å². The summed E-state index contributed by atoms with van der Waals surface area (Å²) >= 11 is 1.37. The Labute approximate surface area is 121 Å². The van der Waals surface area contributed by atoms with Crippen molar-refractivity contribution in [2.45, 2.75) is 25.8 Å². The van der Waals surface area contributed by atoms with Gasteiger partial charge >= 0.3 is 5.97 Å². The third-order valence-corrected chi connectivity index (χ3v) is 5.20. The lowest BCUT2D eigenvalue weighted by atomic mass is 10.1. The smallest absolute Gasteiger partial charge is 0.345 e. The molecule has 2 aliphatic heterocycles. The summed E-state index contributed by atoms with van der Waals surface area (Å²) in [6, 6.07) is 1.76. The number of aromatic carboxylic acids is 1. The molecule has 0 bridgehead atoms. The predicted octanol–water partition coefficient (Wildman–Crippen LogP) is 1.43. The standard InChI is InChI=1S/C14H18N2O3S/c17-13(16-4-1-2-5-16)9-15-6-3-11-10(8-15)7-12(20-11)14(18)19/h7H,1-6,8-9H2,(H,18,19). The number of fused-ring (bicyclic) bond motifs is 1. The van der Waals surface area contributed by atoms with Gasteiger partial charge in [0.25, 0.3) is 0 Å². The molecule has 1 fully saturated rings. The van der Waals surface area contributed by atoms with Gasteiger partial charge in [0.2, 0.25) is 5.91 Å². The van der Waals surface area contributed by atoms with E-state index < -0.39 is 5.97 Å². The number of likely N-dealkylation sites (tertiary alicyclic amines) is 1. The average molecular weight is 294 g/mol. The molecular formula is C14H18N2O3S. The summed E-state index contributed by atoms with van der Waals surface area (Å²) in [7, 11) is 0. The summed E-state index contributed by atoms with van der Waals surface area (Å²) < 4.78 is 0. The first kappa shape index (κ1) is 13.6. The predicted molar refractivity (Wildman–Crippen MR) is 76.1 cm³/mol. The fourth-order valence-corrected chi connectivity index (χ4v) is 3.89. The largest absolute Gasteiger partial charge is 0.477 e. The molecule has 108 valence electrons.